The van der Waals surface area contributed by atoms with Crippen molar-refractivity contribution in [2.75, 3.05) is 13.1 Å². The van der Waals surface area contributed by atoms with Gasteiger partial charge in [-0.05, 0) is 25.5 Å². The molecule has 4 nitrogen and oxygen atoms in total. The number of nitrogens with one attached hydrogen (secondary N) is 2. The maximum Gasteiger partial charge on any atom is 0.226 e. The summed E-state index contributed by atoms with van der Waals surface area (Å²) in [4.78, 5) is 14.9. The van der Waals surface area contributed by atoms with Gasteiger partial charge in [0, 0.05) is 30.9 Å². The summed E-state index contributed by atoms with van der Waals surface area (Å²) < 4.78 is 0. The van der Waals surface area contributed by atoms with E-state index in [1.165, 1.54) is 5.56 Å². The van der Waals surface area contributed by atoms with Crippen molar-refractivity contribution in [2.45, 2.75) is 33.1 Å². The number of amides is 1. The van der Waals surface area contributed by atoms with Gasteiger partial charge in [-0.15, -0.1) is 0 Å². The lowest BCUT2D eigenvalue weighted by molar-refractivity contribution is -0.129. The highest BCUT2D eigenvalue weighted by molar-refractivity contribution is 5.82. The van der Waals surface area contributed by atoms with Crippen LogP contribution in [0.5, 0.6) is 0 Å². The molecule has 96 valence electrons. The molecule has 0 atom stereocenters. The highest BCUT2D eigenvalue weighted by Gasteiger charge is 2.28. The molecule has 0 aliphatic carbocycles. The summed E-state index contributed by atoms with van der Waals surface area (Å²) in [5, 5.41) is 2.97. The molecule has 0 aliphatic rings. The summed E-state index contributed by atoms with van der Waals surface area (Å²) in [7, 11) is 0. The molecular formula is C13H23N3O. The van der Waals surface area contributed by atoms with Crippen LogP contribution in [0.1, 0.15) is 33.3 Å². The van der Waals surface area contributed by atoms with Crippen molar-refractivity contribution in [1.29, 1.82) is 0 Å². The summed E-state index contributed by atoms with van der Waals surface area (Å²) in [5.74, 6) is 0.00334. The lowest BCUT2D eigenvalue weighted by atomic mass is 9.85. The zero-order chi connectivity index (χ0) is 13.1. The van der Waals surface area contributed by atoms with Crippen LogP contribution in [0.3, 0.4) is 0 Å². The van der Waals surface area contributed by atoms with Gasteiger partial charge in [0.25, 0.3) is 0 Å². The largest absolute Gasteiger partial charge is 0.367 e. The fraction of sp³-hybridized carbons (Fsp3) is 0.615. The minimum Gasteiger partial charge on any atom is -0.367 e. The average Bonchev–Trinajstić information content (AvgIpc) is 2.80. The van der Waals surface area contributed by atoms with Gasteiger partial charge >= 0.3 is 0 Å². The molecule has 0 radical (unpaired) electrons. The predicted octanol–water partition coefficient (Wildman–Crippen LogP) is 1.39. The Kier molecular flexibility index (Phi) is 3.98. The predicted molar refractivity (Wildman–Crippen MR) is 69.7 cm³/mol. The van der Waals surface area contributed by atoms with Crippen molar-refractivity contribution in [3.05, 3.63) is 24.0 Å². The number of hydrogen-bond donors (Lipinski definition) is 3. The quantitative estimate of drug-likeness (QED) is 0.724. The van der Waals surface area contributed by atoms with E-state index in [-0.39, 0.29) is 11.3 Å². The normalized spacial score (nSPS) is 12.5. The SMILES string of the molecule is CC(C)(CN)C(=O)NCC(C)(C)c1cc[nH]c1. The van der Waals surface area contributed by atoms with Gasteiger partial charge in [-0.25, -0.2) is 0 Å². The van der Waals surface area contributed by atoms with E-state index in [1.54, 1.807) is 0 Å². The number of carbonyl (C=O) groups is 1. The number of aromatic nitrogens is 1. The second-order valence-corrected chi connectivity index (χ2v) is 5.75. The molecule has 0 aliphatic heterocycles. The van der Waals surface area contributed by atoms with Crippen LogP contribution in [-0.4, -0.2) is 24.0 Å². The van der Waals surface area contributed by atoms with E-state index < -0.39 is 5.41 Å². The van der Waals surface area contributed by atoms with Crippen LogP contribution < -0.4 is 11.1 Å². The Bertz CT molecular complexity index is 366. The maximum absolute atomic E-state index is 11.9. The Labute approximate surface area is 103 Å². The van der Waals surface area contributed by atoms with E-state index in [2.05, 4.69) is 24.1 Å². The van der Waals surface area contributed by atoms with Gasteiger partial charge in [0.2, 0.25) is 5.91 Å². The fourth-order valence-electron chi connectivity index (χ4n) is 1.48. The monoisotopic (exact) mass is 237 g/mol. The van der Waals surface area contributed by atoms with Crippen molar-refractivity contribution in [3.63, 3.8) is 0 Å². The third-order valence-corrected chi connectivity index (χ3v) is 3.20. The Hall–Kier alpha value is -1.29. The molecule has 0 unspecified atom stereocenters. The number of carbonyl (C=O) groups excluding carboxylic acids is 1. The Morgan fingerprint density at radius 1 is 1.41 bits per heavy atom. The first-order valence-electron chi connectivity index (χ1n) is 5.91. The lowest BCUT2D eigenvalue weighted by Gasteiger charge is -2.28. The van der Waals surface area contributed by atoms with Crippen molar-refractivity contribution in [3.8, 4) is 0 Å². The van der Waals surface area contributed by atoms with Crippen LogP contribution >= 0.6 is 0 Å². The molecule has 1 aromatic heterocycles. The first-order valence-corrected chi connectivity index (χ1v) is 5.91. The molecule has 1 heterocycles. The molecule has 1 rings (SSSR count). The van der Waals surface area contributed by atoms with E-state index in [1.807, 2.05) is 32.3 Å². The fourth-order valence-corrected chi connectivity index (χ4v) is 1.48. The lowest BCUT2D eigenvalue weighted by Crippen LogP contribution is -2.45. The summed E-state index contributed by atoms with van der Waals surface area (Å²) in [5.41, 5.74) is 6.17. The molecule has 0 spiro atoms. The molecule has 0 saturated carbocycles. The van der Waals surface area contributed by atoms with Gasteiger partial charge in [-0.2, -0.15) is 0 Å². The van der Waals surface area contributed by atoms with Gasteiger partial charge in [-0.1, -0.05) is 13.8 Å². The van der Waals surface area contributed by atoms with Gasteiger partial charge in [0.15, 0.2) is 0 Å². The smallest absolute Gasteiger partial charge is 0.226 e. The van der Waals surface area contributed by atoms with E-state index >= 15 is 0 Å². The number of H-pyrrole nitrogens is 1. The van der Waals surface area contributed by atoms with Crippen LogP contribution in [0, 0.1) is 5.41 Å². The summed E-state index contributed by atoms with van der Waals surface area (Å²) in [6.45, 7) is 8.87. The van der Waals surface area contributed by atoms with Gasteiger partial charge in [-0.3, -0.25) is 4.79 Å². The zero-order valence-corrected chi connectivity index (χ0v) is 11.1. The summed E-state index contributed by atoms with van der Waals surface area (Å²) >= 11 is 0. The van der Waals surface area contributed by atoms with E-state index in [0.29, 0.717) is 13.1 Å². The van der Waals surface area contributed by atoms with E-state index in [0.717, 1.165) is 0 Å². The minimum atomic E-state index is -0.506. The van der Waals surface area contributed by atoms with Crippen LogP contribution in [0.15, 0.2) is 18.5 Å². The number of aromatic amines is 1. The molecule has 0 fully saturated rings. The first kappa shape index (κ1) is 13.8. The highest BCUT2D eigenvalue weighted by atomic mass is 16.2. The third kappa shape index (κ3) is 3.33. The number of nitrogens with two attached hydrogens (primary N) is 1. The van der Waals surface area contributed by atoms with Crippen molar-refractivity contribution in [1.82, 2.24) is 10.3 Å². The topological polar surface area (TPSA) is 70.9 Å². The Morgan fingerprint density at radius 3 is 2.53 bits per heavy atom. The van der Waals surface area contributed by atoms with Crippen molar-refractivity contribution >= 4 is 5.91 Å². The van der Waals surface area contributed by atoms with Crippen molar-refractivity contribution in [2.24, 2.45) is 11.1 Å². The highest BCUT2D eigenvalue weighted by Crippen LogP contribution is 2.22. The second kappa shape index (κ2) is 4.92. The maximum atomic E-state index is 11.9. The standard InChI is InChI=1S/C13H23N3O/c1-12(2,8-14)11(17)16-9-13(3,4)10-5-6-15-7-10/h5-7,15H,8-9,14H2,1-4H3,(H,16,17). The molecule has 0 aromatic carbocycles. The third-order valence-electron chi connectivity index (χ3n) is 3.20. The molecular weight excluding hydrogens is 214 g/mol. The van der Waals surface area contributed by atoms with Crippen LogP contribution in [0.25, 0.3) is 0 Å². The van der Waals surface area contributed by atoms with Crippen LogP contribution in [0.2, 0.25) is 0 Å². The van der Waals surface area contributed by atoms with Gasteiger partial charge in [0.05, 0.1) is 5.41 Å². The van der Waals surface area contributed by atoms with Gasteiger partial charge in [0.1, 0.15) is 0 Å². The average molecular weight is 237 g/mol. The summed E-state index contributed by atoms with van der Waals surface area (Å²) in [6, 6.07) is 2.03. The zero-order valence-electron chi connectivity index (χ0n) is 11.1. The van der Waals surface area contributed by atoms with Crippen LogP contribution in [0.4, 0.5) is 0 Å². The first-order chi connectivity index (χ1) is 7.79. The molecule has 4 heteroatoms. The van der Waals surface area contributed by atoms with Crippen LogP contribution in [-0.2, 0) is 10.2 Å². The Morgan fingerprint density at radius 2 is 2.06 bits per heavy atom. The van der Waals surface area contributed by atoms with E-state index in [9.17, 15) is 4.79 Å². The minimum absolute atomic E-state index is 0.00334. The molecule has 4 N–H and O–H groups in total. The summed E-state index contributed by atoms with van der Waals surface area (Å²) in [6.07, 6.45) is 3.85. The van der Waals surface area contributed by atoms with Crippen molar-refractivity contribution < 1.29 is 4.79 Å². The number of rotatable bonds is 5. The van der Waals surface area contributed by atoms with E-state index in [4.69, 9.17) is 5.73 Å². The molecule has 0 bridgehead atoms. The Balaban J connectivity index is 2.60. The van der Waals surface area contributed by atoms with Gasteiger partial charge < -0.3 is 16.0 Å². The molecule has 0 saturated heterocycles. The molecule has 17 heavy (non-hydrogen) atoms. The second-order valence-electron chi connectivity index (χ2n) is 5.75. The number of hydrogen-bond acceptors (Lipinski definition) is 2. The molecule has 1 amide bonds. The molecule has 1 aromatic rings.